The van der Waals surface area contributed by atoms with Gasteiger partial charge >= 0.3 is 11.6 Å². The fourth-order valence-electron chi connectivity index (χ4n) is 2.82. The van der Waals surface area contributed by atoms with E-state index in [0.717, 1.165) is 19.2 Å². The second kappa shape index (κ2) is 6.95. The molecule has 1 heterocycles. The lowest BCUT2D eigenvalue weighted by Gasteiger charge is -2.17. The predicted molar refractivity (Wildman–Crippen MR) is 89.0 cm³/mol. The highest BCUT2D eigenvalue weighted by Crippen LogP contribution is 2.36. The summed E-state index contributed by atoms with van der Waals surface area (Å²) in [6, 6.07) is 9.31. The molecule has 0 amide bonds. The van der Waals surface area contributed by atoms with E-state index in [4.69, 9.17) is 4.42 Å². The van der Waals surface area contributed by atoms with Gasteiger partial charge in [-0.3, -0.25) is 4.79 Å². The maximum atomic E-state index is 13.7. The monoisotopic (exact) mass is 360 g/mol. The molecule has 0 aliphatic heterocycles. The molecule has 0 aliphatic carbocycles. The van der Waals surface area contributed by atoms with Crippen LogP contribution in [0.15, 0.2) is 51.7 Å². The van der Waals surface area contributed by atoms with Gasteiger partial charge in [0.05, 0.1) is 24.5 Å². The third-order valence-electron chi connectivity index (χ3n) is 4.11. The van der Waals surface area contributed by atoms with Crippen molar-refractivity contribution >= 4 is 16.9 Å². The van der Waals surface area contributed by atoms with Crippen LogP contribution >= 0.6 is 0 Å². The van der Waals surface area contributed by atoms with E-state index < -0.39 is 29.1 Å². The quantitative estimate of drug-likeness (QED) is 0.569. The van der Waals surface area contributed by atoms with Crippen molar-refractivity contribution in [1.29, 1.82) is 0 Å². The predicted octanol–water partition coefficient (Wildman–Crippen LogP) is 3.47. The van der Waals surface area contributed by atoms with Crippen molar-refractivity contribution in [1.82, 2.24) is 0 Å². The smallest absolute Gasteiger partial charge is 0.343 e. The number of hydrogen-bond donors (Lipinski definition) is 1. The number of hydrogen-bond acceptors (Lipinski definition) is 5. The molecule has 0 fully saturated rings. The number of methoxy groups -OCH3 is 1. The zero-order chi connectivity index (χ0) is 18.8. The first-order valence-corrected chi connectivity index (χ1v) is 7.68. The number of carbonyl (C=O) groups is 1. The minimum Gasteiger partial charge on any atom is -0.507 e. The van der Waals surface area contributed by atoms with Gasteiger partial charge in [0.15, 0.2) is 11.6 Å². The van der Waals surface area contributed by atoms with E-state index in [9.17, 15) is 23.5 Å². The largest absolute Gasteiger partial charge is 0.507 e. The van der Waals surface area contributed by atoms with Crippen LogP contribution in [0.3, 0.4) is 0 Å². The molecule has 2 aromatic carbocycles. The second-order valence-corrected chi connectivity index (χ2v) is 5.65. The Hall–Kier alpha value is -3.22. The second-order valence-electron chi connectivity index (χ2n) is 5.65. The number of ether oxygens (including phenoxy) is 1. The molecule has 7 heteroatoms. The molecular formula is C19H14F2O5. The number of halogens is 2. The molecule has 0 aliphatic rings. The number of aromatic hydroxyl groups is 1. The SMILES string of the molecule is COC(=O)C[C@H](c1ccc(F)c(F)c1)c1c(O)c2ccccc2oc1=O. The fourth-order valence-corrected chi connectivity index (χ4v) is 2.82. The Labute approximate surface area is 146 Å². The lowest BCUT2D eigenvalue weighted by Crippen LogP contribution is -2.18. The van der Waals surface area contributed by atoms with Crippen molar-refractivity contribution in [3.63, 3.8) is 0 Å². The van der Waals surface area contributed by atoms with Gasteiger partial charge in [0, 0.05) is 5.92 Å². The number of rotatable bonds is 4. The van der Waals surface area contributed by atoms with Gasteiger partial charge in [0.25, 0.3) is 0 Å². The Balaban J connectivity index is 2.24. The number of benzene rings is 2. The van der Waals surface area contributed by atoms with Crippen LogP contribution in [-0.4, -0.2) is 18.2 Å². The molecule has 5 nitrogen and oxygen atoms in total. The summed E-state index contributed by atoms with van der Waals surface area (Å²) in [4.78, 5) is 24.2. The van der Waals surface area contributed by atoms with E-state index >= 15 is 0 Å². The average Bonchev–Trinajstić information content (AvgIpc) is 2.63. The Morgan fingerprint density at radius 3 is 2.62 bits per heavy atom. The summed E-state index contributed by atoms with van der Waals surface area (Å²) in [6.45, 7) is 0. The number of esters is 1. The summed E-state index contributed by atoms with van der Waals surface area (Å²) in [5, 5.41) is 10.9. The van der Waals surface area contributed by atoms with Crippen LogP contribution in [0.1, 0.15) is 23.5 Å². The molecule has 1 N–H and O–H groups in total. The first kappa shape index (κ1) is 17.6. The highest BCUT2D eigenvalue weighted by Gasteiger charge is 2.28. The standard InChI is InChI=1S/C19H14F2O5/c1-25-16(22)9-12(10-6-7-13(20)14(21)8-10)17-18(23)11-4-2-3-5-15(11)26-19(17)24/h2-8,12,23H,9H2,1H3/t12-/m1/s1. The zero-order valence-corrected chi connectivity index (χ0v) is 13.7. The van der Waals surface area contributed by atoms with E-state index in [1.165, 1.54) is 18.2 Å². The molecule has 3 aromatic rings. The van der Waals surface area contributed by atoms with Crippen LogP contribution in [0.5, 0.6) is 5.75 Å². The zero-order valence-electron chi connectivity index (χ0n) is 13.7. The Morgan fingerprint density at radius 2 is 1.92 bits per heavy atom. The maximum absolute atomic E-state index is 13.7. The van der Waals surface area contributed by atoms with Gasteiger partial charge in [-0.25, -0.2) is 13.6 Å². The summed E-state index contributed by atoms with van der Waals surface area (Å²) >= 11 is 0. The summed E-state index contributed by atoms with van der Waals surface area (Å²) in [5.74, 6) is -4.34. The average molecular weight is 360 g/mol. The summed E-state index contributed by atoms with van der Waals surface area (Å²) in [7, 11) is 1.16. The molecule has 0 radical (unpaired) electrons. The molecule has 0 saturated heterocycles. The van der Waals surface area contributed by atoms with Gasteiger partial charge in [0.2, 0.25) is 0 Å². The van der Waals surface area contributed by atoms with Crippen molar-refractivity contribution in [3.8, 4) is 5.75 Å². The van der Waals surface area contributed by atoms with Crippen LogP contribution in [0, 0.1) is 11.6 Å². The van der Waals surface area contributed by atoms with Gasteiger partial charge in [-0.15, -0.1) is 0 Å². The van der Waals surface area contributed by atoms with Gasteiger partial charge in [0.1, 0.15) is 11.3 Å². The molecule has 0 saturated carbocycles. The van der Waals surface area contributed by atoms with E-state index in [-0.39, 0.29) is 34.3 Å². The Bertz CT molecular complexity index is 1040. The van der Waals surface area contributed by atoms with Crippen LogP contribution < -0.4 is 5.63 Å². The van der Waals surface area contributed by atoms with Gasteiger partial charge in [-0.1, -0.05) is 18.2 Å². The maximum Gasteiger partial charge on any atom is 0.343 e. The third kappa shape index (κ3) is 3.15. The minimum atomic E-state index is -1.14. The molecular weight excluding hydrogens is 346 g/mol. The minimum absolute atomic E-state index is 0.132. The number of carbonyl (C=O) groups excluding carboxylic acids is 1. The molecule has 26 heavy (non-hydrogen) atoms. The van der Waals surface area contributed by atoms with Gasteiger partial charge < -0.3 is 14.3 Å². The number of para-hydroxylation sites is 1. The fraction of sp³-hybridized carbons (Fsp3) is 0.158. The van der Waals surface area contributed by atoms with Gasteiger partial charge in [-0.2, -0.15) is 0 Å². The van der Waals surface area contributed by atoms with Crippen molar-refractivity contribution < 1.29 is 27.8 Å². The van der Waals surface area contributed by atoms with Crippen LogP contribution in [0.4, 0.5) is 8.78 Å². The molecule has 0 bridgehead atoms. The highest BCUT2D eigenvalue weighted by molar-refractivity contribution is 5.84. The molecule has 134 valence electrons. The summed E-state index contributed by atoms with van der Waals surface area (Å²) in [5.41, 5.74) is -0.798. The molecule has 1 atom stereocenters. The first-order valence-electron chi connectivity index (χ1n) is 7.68. The lowest BCUT2D eigenvalue weighted by atomic mass is 9.88. The van der Waals surface area contributed by atoms with Crippen LogP contribution in [-0.2, 0) is 9.53 Å². The van der Waals surface area contributed by atoms with E-state index in [2.05, 4.69) is 4.74 Å². The van der Waals surface area contributed by atoms with Crippen LogP contribution in [0.2, 0.25) is 0 Å². The topological polar surface area (TPSA) is 76.7 Å². The van der Waals surface area contributed by atoms with E-state index in [0.29, 0.717) is 0 Å². The summed E-state index contributed by atoms with van der Waals surface area (Å²) in [6.07, 6.45) is -0.363. The molecule has 3 rings (SSSR count). The Kier molecular flexibility index (Phi) is 4.71. The van der Waals surface area contributed by atoms with Crippen molar-refractivity contribution in [2.75, 3.05) is 7.11 Å². The van der Waals surface area contributed by atoms with Crippen molar-refractivity contribution in [3.05, 3.63) is 75.6 Å². The molecule has 0 spiro atoms. The van der Waals surface area contributed by atoms with Crippen molar-refractivity contribution in [2.45, 2.75) is 12.3 Å². The highest BCUT2D eigenvalue weighted by atomic mass is 19.2. The number of fused-ring (bicyclic) bond motifs is 1. The van der Waals surface area contributed by atoms with E-state index in [1.807, 2.05) is 0 Å². The first-order chi connectivity index (χ1) is 12.4. The third-order valence-corrected chi connectivity index (χ3v) is 4.11. The van der Waals surface area contributed by atoms with Gasteiger partial charge in [-0.05, 0) is 29.8 Å². The summed E-state index contributed by atoms with van der Waals surface area (Å²) < 4.78 is 36.8. The molecule has 1 aromatic heterocycles. The lowest BCUT2D eigenvalue weighted by molar-refractivity contribution is -0.140. The molecule has 0 unspecified atom stereocenters. The normalized spacial score (nSPS) is 12.1. The van der Waals surface area contributed by atoms with E-state index in [1.54, 1.807) is 12.1 Å². The Morgan fingerprint density at radius 1 is 1.19 bits per heavy atom. The van der Waals surface area contributed by atoms with Crippen molar-refractivity contribution in [2.24, 2.45) is 0 Å². The van der Waals surface area contributed by atoms with Crippen LogP contribution in [0.25, 0.3) is 11.0 Å².